The lowest BCUT2D eigenvalue weighted by Crippen LogP contribution is -2.45. The third-order valence-electron chi connectivity index (χ3n) is 3.78. The van der Waals surface area contributed by atoms with Gasteiger partial charge in [-0.2, -0.15) is 0 Å². The second kappa shape index (κ2) is 6.83. The van der Waals surface area contributed by atoms with Gasteiger partial charge in [0.2, 0.25) is 10.0 Å². The van der Waals surface area contributed by atoms with Crippen LogP contribution in [0.3, 0.4) is 0 Å². The molecule has 1 aromatic carbocycles. The van der Waals surface area contributed by atoms with Crippen molar-refractivity contribution in [2.24, 2.45) is 5.73 Å². The molecule has 1 heterocycles. The van der Waals surface area contributed by atoms with E-state index in [0.717, 1.165) is 32.5 Å². The van der Waals surface area contributed by atoms with E-state index in [1.807, 2.05) is 0 Å². The Bertz CT molecular complexity index is 584. The standard InChI is InChI=1S/C14H22FN3O2S/c1-11-10-12(15)2-3-14(11)21(19,20)17-13-4-7-18(8-5-13)9-6-16/h2-3,10,13,17H,4-9,16H2,1H3. The maximum atomic E-state index is 13.1. The van der Waals surface area contributed by atoms with Gasteiger partial charge in [-0.1, -0.05) is 0 Å². The fraction of sp³-hybridized carbons (Fsp3) is 0.571. The summed E-state index contributed by atoms with van der Waals surface area (Å²) in [7, 11) is -3.60. The first kappa shape index (κ1) is 16.4. The van der Waals surface area contributed by atoms with Crippen molar-refractivity contribution in [1.29, 1.82) is 0 Å². The molecule has 1 aliphatic heterocycles. The second-order valence-corrected chi connectivity index (χ2v) is 7.12. The van der Waals surface area contributed by atoms with E-state index in [-0.39, 0.29) is 10.9 Å². The molecule has 0 atom stereocenters. The lowest BCUT2D eigenvalue weighted by Gasteiger charge is -2.31. The molecular formula is C14H22FN3O2S. The summed E-state index contributed by atoms with van der Waals surface area (Å²) in [6.07, 6.45) is 1.53. The summed E-state index contributed by atoms with van der Waals surface area (Å²) in [5.74, 6) is -0.429. The van der Waals surface area contributed by atoms with Gasteiger partial charge in [0, 0.05) is 19.1 Å². The summed E-state index contributed by atoms with van der Waals surface area (Å²) in [5, 5.41) is 0. The van der Waals surface area contributed by atoms with Crippen LogP contribution in [0.5, 0.6) is 0 Å². The fourth-order valence-corrected chi connectivity index (χ4v) is 4.19. The van der Waals surface area contributed by atoms with Gasteiger partial charge in [-0.3, -0.25) is 0 Å². The lowest BCUT2D eigenvalue weighted by molar-refractivity contribution is 0.212. The highest BCUT2D eigenvalue weighted by Gasteiger charge is 2.25. The molecule has 21 heavy (non-hydrogen) atoms. The van der Waals surface area contributed by atoms with Crippen molar-refractivity contribution >= 4 is 10.0 Å². The van der Waals surface area contributed by atoms with Crippen molar-refractivity contribution in [3.05, 3.63) is 29.6 Å². The van der Waals surface area contributed by atoms with Crippen LogP contribution < -0.4 is 10.5 Å². The maximum Gasteiger partial charge on any atom is 0.241 e. The molecule has 1 aliphatic rings. The molecule has 1 fully saturated rings. The molecular weight excluding hydrogens is 293 g/mol. The number of benzene rings is 1. The van der Waals surface area contributed by atoms with Crippen LogP contribution in [-0.2, 0) is 10.0 Å². The van der Waals surface area contributed by atoms with Crippen LogP contribution in [0.2, 0.25) is 0 Å². The summed E-state index contributed by atoms with van der Waals surface area (Å²) >= 11 is 0. The molecule has 0 radical (unpaired) electrons. The number of hydrogen-bond acceptors (Lipinski definition) is 4. The van der Waals surface area contributed by atoms with Gasteiger partial charge in [-0.25, -0.2) is 17.5 Å². The Kier molecular flexibility index (Phi) is 5.32. The molecule has 0 saturated carbocycles. The minimum atomic E-state index is -3.60. The third-order valence-corrected chi connectivity index (χ3v) is 5.46. The van der Waals surface area contributed by atoms with Crippen molar-refractivity contribution in [1.82, 2.24) is 9.62 Å². The predicted molar refractivity (Wildman–Crippen MR) is 80.0 cm³/mol. The molecule has 0 aliphatic carbocycles. The van der Waals surface area contributed by atoms with Gasteiger partial charge < -0.3 is 10.6 Å². The van der Waals surface area contributed by atoms with E-state index in [9.17, 15) is 12.8 Å². The lowest BCUT2D eigenvalue weighted by atomic mass is 10.1. The normalized spacial score (nSPS) is 18.0. The first-order chi connectivity index (χ1) is 9.92. The van der Waals surface area contributed by atoms with Crippen LogP contribution in [0.4, 0.5) is 4.39 Å². The van der Waals surface area contributed by atoms with E-state index in [4.69, 9.17) is 5.73 Å². The Labute approximate surface area is 125 Å². The summed E-state index contributed by atoms with van der Waals surface area (Å²) in [4.78, 5) is 2.38. The van der Waals surface area contributed by atoms with E-state index in [0.29, 0.717) is 12.1 Å². The maximum absolute atomic E-state index is 13.1. The second-order valence-electron chi connectivity index (χ2n) is 5.44. The molecule has 0 unspecified atom stereocenters. The SMILES string of the molecule is Cc1cc(F)ccc1S(=O)(=O)NC1CCN(CCN)CC1. The number of sulfonamides is 1. The molecule has 0 aromatic heterocycles. The third kappa shape index (κ3) is 4.23. The molecule has 1 aromatic rings. The van der Waals surface area contributed by atoms with Gasteiger partial charge in [-0.15, -0.1) is 0 Å². The highest BCUT2D eigenvalue weighted by atomic mass is 32.2. The molecule has 0 amide bonds. The Morgan fingerprint density at radius 3 is 2.62 bits per heavy atom. The van der Waals surface area contributed by atoms with Gasteiger partial charge in [0.1, 0.15) is 5.82 Å². The van der Waals surface area contributed by atoms with Crippen molar-refractivity contribution in [2.45, 2.75) is 30.7 Å². The van der Waals surface area contributed by atoms with E-state index in [2.05, 4.69) is 9.62 Å². The van der Waals surface area contributed by atoms with Crippen LogP contribution in [-0.4, -0.2) is 45.5 Å². The number of nitrogens with two attached hydrogens (primary N) is 1. The first-order valence-corrected chi connectivity index (χ1v) is 8.61. The number of rotatable bonds is 5. The minimum absolute atomic E-state index is 0.0755. The number of hydrogen-bond donors (Lipinski definition) is 2. The molecule has 3 N–H and O–H groups in total. The van der Waals surface area contributed by atoms with E-state index < -0.39 is 15.8 Å². The monoisotopic (exact) mass is 315 g/mol. The molecule has 118 valence electrons. The highest BCUT2D eigenvalue weighted by molar-refractivity contribution is 7.89. The van der Waals surface area contributed by atoms with Crippen molar-refractivity contribution in [2.75, 3.05) is 26.2 Å². The van der Waals surface area contributed by atoms with Gasteiger partial charge in [-0.05, 0) is 56.6 Å². The average Bonchev–Trinajstić information content (AvgIpc) is 2.40. The van der Waals surface area contributed by atoms with Crippen LogP contribution >= 0.6 is 0 Å². The van der Waals surface area contributed by atoms with Crippen molar-refractivity contribution < 1.29 is 12.8 Å². The number of nitrogens with zero attached hydrogens (tertiary/aromatic N) is 1. The fourth-order valence-electron chi connectivity index (χ4n) is 2.65. The Balaban J connectivity index is 2.02. The Hall–Kier alpha value is -1.02. The zero-order valence-electron chi connectivity index (χ0n) is 12.2. The van der Waals surface area contributed by atoms with Crippen LogP contribution in [0.25, 0.3) is 0 Å². The average molecular weight is 315 g/mol. The predicted octanol–water partition coefficient (Wildman–Crippen LogP) is 0.836. The molecule has 2 rings (SSSR count). The van der Waals surface area contributed by atoms with Crippen LogP contribution in [0.1, 0.15) is 18.4 Å². The summed E-state index contributed by atoms with van der Waals surface area (Å²) in [6.45, 7) is 4.74. The molecule has 0 spiro atoms. The Morgan fingerprint density at radius 1 is 1.38 bits per heavy atom. The number of nitrogens with one attached hydrogen (secondary N) is 1. The van der Waals surface area contributed by atoms with E-state index in [1.165, 1.54) is 18.2 Å². The molecule has 5 nitrogen and oxygen atoms in total. The number of piperidine rings is 1. The molecule has 1 saturated heterocycles. The topological polar surface area (TPSA) is 75.4 Å². The zero-order valence-corrected chi connectivity index (χ0v) is 13.0. The van der Waals surface area contributed by atoms with Gasteiger partial charge in [0.25, 0.3) is 0 Å². The van der Waals surface area contributed by atoms with Crippen molar-refractivity contribution in [3.63, 3.8) is 0 Å². The van der Waals surface area contributed by atoms with Gasteiger partial charge >= 0.3 is 0 Å². The van der Waals surface area contributed by atoms with Crippen LogP contribution in [0.15, 0.2) is 23.1 Å². The van der Waals surface area contributed by atoms with Crippen LogP contribution in [0, 0.1) is 12.7 Å². The summed E-state index contributed by atoms with van der Waals surface area (Å²) in [5.41, 5.74) is 5.94. The Morgan fingerprint density at radius 2 is 2.05 bits per heavy atom. The largest absolute Gasteiger partial charge is 0.329 e. The molecule has 0 bridgehead atoms. The van der Waals surface area contributed by atoms with Gasteiger partial charge in [0.15, 0.2) is 0 Å². The number of halogens is 1. The highest BCUT2D eigenvalue weighted by Crippen LogP contribution is 2.18. The summed E-state index contributed by atoms with van der Waals surface area (Å²) < 4.78 is 40.6. The van der Waals surface area contributed by atoms with E-state index in [1.54, 1.807) is 6.92 Å². The van der Waals surface area contributed by atoms with Crippen molar-refractivity contribution in [3.8, 4) is 0 Å². The van der Waals surface area contributed by atoms with E-state index >= 15 is 0 Å². The minimum Gasteiger partial charge on any atom is -0.329 e. The summed E-state index contributed by atoms with van der Waals surface area (Å²) in [6, 6.07) is 3.65. The zero-order chi connectivity index (χ0) is 15.5. The first-order valence-electron chi connectivity index (χ1n) is 7.13. The number of aryl methyl sites for hydroxylation is 1. The van der Waals surface area contributed by atoms with Gasteiger partial charge in [0.05, 0.1) is 4.90 Å². The smallest absolute Gasteiger partial charge is 0.241 e. The number of likely N-dealkylation sites (tertiary alicyclic amines) is 1. The quantitative estimate of drug-likeness (QED) is 0.844. The molecule has 7 heteroatoms.